The van der Waals surface area contributed by atoms with Crippen LogP contribution < -0.4 is 15.4 Å². The molecule has 1 aliphatic rings. The van der Waals surface area contributed by atoms with Crippen molar-refractivity contribution >= 4 is 23.2 Å². The number of hydrogen-bond acceptors (Lipinski definition) is 4. The Morgan fingerprint density at radius 3 is 2.38 bits per heavy atom. The van der Waals surface area contributed by atoms with Crippen LogP contribution in [0.5, 0.6) is 5.75 Å². The van der Waals surface area contributed by atoms with Gasteiger partial charge in [0.25, 0.3) is 0 Å². The molecule has 2 aromatic carbocycles. The topological polar surface area (TPSA) is 70.7 Å². The Labute approximate surface area is 153 Å². The van der Waals surface area contributed by atoms with Gasteiger partial charge in [-0.05, 0) is 53.9 Å². The van der Waals surface area contributed by atoms with Gasteiger partial charge >= 0.3 is 0 Å². The smallest absolute Gasteiger partial charge is 0.238 e. The third-order valence-electron chi connectivity index (χ3n) is 4.36. The highest BCUT2D eigenvalue weighted by atomic mass is 16.5. The van der Waals surface area contributed by atoms with E-state index in [9.17, 15) is 9.59 Å². The van der Waals surface area contributed by atoms with E-state index in [0.717, 1.165) is 25.3 Å². The van der Waals surface area contributed by atoms with Crippen molar-refractivity contribution < 1.29 is 14.3 Å². The average Bonchev–Trinajstić information content (AvgIpc) is 2.62. The summed E-state index contributed by atoms with van der Waals surface area (Å²) in [6.45, 7) is 3.41. The van der Waals surface area contributed by atoms with Gasteiger partial charge in [-0.25, -0.2) is 0 Å². The van der Waals surface area contributed by atoms with Gasteiger partial charge < -0.3 is 15.4 Å². The van der Waals surface area contributed by atoms with Crippen molar-refractivity contribution in [1.29, 1.82) is 0 Å². The summed E-state index contributed by atoms with van der Waals surface area (Å²) in [7, 11) is 1.67. The van der Waals surface area contributed by atoms with Crippen LogP contribution in [0.2, 0.25) is 0 Å². The Bertz CT molecular complexity index is 802. The maximum absolute atomic E-state index is 12.3. The van der Waals surface area contributed by atoms with E-state index >= 15 is 0 Å². The molecule has 2 N–H and O–H groups in total. The standard InChI is InChI=1S/C20H23N3O3/c1-14(24)21-17-4-6-18(7-5-17)22-20(25)13-23-10-9-15-11-19(26-2)8-3-16(15)12-23/h3-8,11H,9-10,12-13H2,1-2H3,(H,21,24)(H,22,25). The highest BCUT2D eigenvalue weighted by molar-refractivity contribution is 5.93. The van der Waals surface area contributed by atoms with Gasteiger partial charge in [-0.3, -0.25) is 14.5 Å². The van der Waals surface area contributed by atoms with E-state index in [4.69, 9.17) is 4.74 Å². The summed E-state index contributed by atoms with van der Waals surface area (Å²) in [5.41, 5.74) is 3.95. The fraction of sp³-hybridized carbons (Fsp3) is 0.300. The molecule has 2 aromatic rings. The lowest BCUT2D eigenvalue weighted by molar-refractivity contribution is -0.117. The molecule has 0 aromatic heterocycles. The molecule has 26 heavy (non-hydrogen) atoms. The molecule has 0 saturated carbocycles. The van der Waals surface area contributed by atoms with Gasteiger partial charge in [0, 0.05) is 31.4 Å². The van der Waals surface area contributed by atoms with Crippen LogP contribution in [-0.4, -0.2) is 36.9 Å². The number of rotatable bonds is 5. The molecular formula is C20H23N3O3. The minimum Gasteiger partial charge on any atom is -0.497 e. The summed E-state index contributed by atoms with van der Waals surface area (Å²) in [5, 5.41) is 5.60. The van der Waals surface area contributed by atoms with E-state index in [1.807, 2.05) is 6.07 Å². The van der Waals surface area contributed by atoms with Crippen LogP contribution in [0.3, 0.4) is 0 Å². The van der Waals surface area contributed by atoms with Crippen molar-refractivity contribution in [2.45, 2.75) is 19.9 Å². The predicted octanol–water partition coefficient (Wildman–Crippen LogP) is 2.65. The maximum Gasteiger partial charge on any atom is 0.238 e. The summed E-state index contributed by atoms with van der Waals surface area (Å²) >= 11 is 0. The first-order valence-electron chi connectivity index (χ1n) is 8.59. The first-order chi connectivity index (χ1) is 12.5. The molecule has 2 amide bonds. The lowest BCUT2D eigenvalue weighted by Gasteiger charge is -2.28. The van der Waals surface area contributed by atoms with Crippen LogP contribution in [-0.2, 0) is 22.6 Å². The normalized spacial score (nSPS) is 13.6. The minimum absolute atomic E-state index is 0.0470. The SMILES string of the molecule is COc1ccc2c(c1)CCN(CC(=O)Nc1ccc(NC(C)=O)cc1)C2. The summed E-state index contributed by atoms with van der Waals surface area (Å²) in [5.74, 6) is 0.705. The van der Waals surface area contributed by atoms with Crippen molar-refractivity contribution in [1.82, 2.24) is 4.90 Å². The van der Waals surface area contributed by atoms with Crippen LogP contribution in [0.15, 0.2) is 42.5 Å². The molecule has 1 aliphatic heterocycles. The highest BCUT2D eigenvalue weighted by Crippen LogP contribution is 2.23. The molecular weight excluding hydrogens is 330 g/mol. The first kappa shape index (κ1) is 17.9. The third kappa shape index (κ3) is 4.61. The van der Waals surface area contributed by atoms with E-state index in [2.05, 4.69) is 27.7 Å². The van der Waals surface area contributed by atoms with Crippen molar-refractivity contribution in [3.05, 3.63) is 53.6 Å². The van der Waals surface area contributed by atoms with Crippen LogP contribution >= 0.6 is 0 Å². The third-order valence-corrected chi connectivity index (χ3v) is 4.36. The minimum atomic E-state index is -0.121. The molecule has 0 saturated heterocycles. The van der Waals surface area contributed by atoms with E-state index in [0.29, 0.717) is 17.9 Å². The van der Waals surface area contributed by atoms with Crippen LogP contribution in [0.4, 0.5) is 11.4 Å². The summed E-state index contributed by atoms with van der Waals surface area (Å²) < 4.78 is 5.27. The summed E-state index contributed by atoms with van der Waals surface area (Å²) in [4.78, 5) is 25.5. The number of ether oxygens (including phenoxy) is 1. The second kappa shape index (κ2) is 8.01. The average molecular weight is 353 g/mol. The molecule has 0 atom stereocenters. The van der Waals surface area contributed by atoms with Crippen LogP contribution in [0.1, 0.15) is 18.1 Å². The van der Waals surface area contributed by atoms with Gasteiger partial charge in [-0.1, -0.05) is 6.07 Å². The molecule has 136 valence electrons. The Morgan fingerprint density at radius 2 is 1.73 bits per heavy atom. The zero-order valence-corrected chi connectivity index (χ0v) is 15.0. The number of methoxy groups -OCH3 is 1. The second-order valence-electron chi connectivity index (χ2n) is 6.40. The number of nitrogens with one attached hydrogen (secondary N) is 2. The molecule has 0 bridgehead atoms. The van der Waals surface area contributed by atoms with E-state index in [1.165, 1.54) is 18.1 Å². The fourth-order valence-electron chi connectivity index (χ4n) is 3.09. The van der Waals surface area contributed by atoms with Crippen LogP contribution in [0.25, 0.3) is 0 Å². The summed E-state index contributed by atoms with van der Waals surface area (Å²) in [6, 6.07) is 13.2. The number of amides is 2. The lowest BCUT2D eigenvalue weighted by Crippen LogP contribution is -2.37. The Hall–Kier alpha value is -2.86. The van der Waals surface area contributed by atoms with E-state index in [-0.39, 0.29) is 11.8 Å². The highest BCUT2D eigenvalue weighted by Gasteiger charge is 2.19. The Balaban J connectivity index is 1.54. The first-order valence-corrected chi connectivity index (χ1v) is 8.59. The predicted molar refractivity (Wildman–Crippen MR) is 101 cm³/mol. The van der Waals surface area contributed by atoms with Gasteiger partial charge in [0.15, 0.2) is 0 Å². The van der Waals surface area contributed by atoms with Crippen molar-refractivity contribution in [3.8, 4) is 5.75 Å². The molecule has 0 fully saturated rings. The number of carbonyl (C=O) groups is 2. The molecule has 6 nitrogen and oxygen atoms in total. The zero-order chi connectivity index (χ0) is 18.5. The molecule has 3 rings (SSSR count). The van der Waals surface area contributed by atoms with Crippen molar-refractivity contribution in [2.75, 3.05) is 30.8 Å². The van der Waals surface area contributed by atoms with Gasteiger partial charge in [0.05, 0.1) is 13.7 Å². The summed E-state index contributed by atoms with van der Waals surface area (Å²) in [6.07, 6.45) is 0.908. The second-order valence-corrected chi connectivity index (χ2v) is 6.40. The molecule has 0 radical (unpaired) electrons. The maximum atomic E-state index is 12.3. The van der Waals surface area contributed by atoms with Gasteiger partial charge in [0.2, 0.25) is 11.8 Å². The number of benzene rings is 2. The van der Waals surface area contributed by atoms with Gasteiger partial charge in [-0.2, -0.15) is 0 Å². The monoisotopic (exact) mass is 353 g/mol. The molecule has 0 spiro atoms. The Kier molecular flexibility index (Phi) is 5.53. The Morgan fingerprint density at radius 1 is 1.04 bits per heavy atom. The number of hydrogen-bond donors (Lipinski definition) is 2. The molecule has 1 heterocycles. The fourth-order valence-corrected chi connectivity index (χ4v) is 3.09. The van der Waals surface area contributed by atoms with Gasteiger partial charge in [0.1, 0.15) is 5.75 Å². The van der Waals surface area contributed by atoms with E-state index in [1.54, 1.807) is 31.4 Å². The van der Waals surface area contributed by atoms with Crippen LogP contribution in [0, 0.1) is 0 Å². The number of fused-ring (bicyclic) bond motifs is 1. The molecule has 0 unspecified atom stereocenters. The largest absolute Gasteiger partial charge is 0.497 e. The quantitative estimate of drug-likeness (QED) is 0.867. The van der Waals surface area contributed by atoms with Crippen molar-refractivity contribution in [3.63, 3.8) is 0 Å². The zero-order valence-electron chi connectivity index (χ0n) is 15.0. The molecule has 0 aliphatic carbocycles. The number of carbonyl (C=O) groups excluding carboxylic acids is 2. The van der Waals surface area contributed by atoms with Crippen molar-refractivity contribution in [2.24, 2.45) is 0 Å². The molecule has 6 heteroatoms. The van der Waals surface area contributed by atoms with Gasteiger partial charge in [-0.15, -0.1) is 0 Å². The lowest BCUT2D eigenvalue weighted by atomic mass is 9.99. The number of nitrogens with zero attached hydrogens (tertiary/aromatic N) is 1. The van der Waals surface area contributed by atoms with E-state index < -0.39 is 0 Å². The number of anilines is 2.